The Morgan fingerprint density at radius 2 is 1.90 bits per heavy atom. The summed E-state index contributed by atoms with van der Waals surface area (Å²) in [6.45, 7) is 4.07. The largest absolute Gasteiger partial charge is 0.485 e. The first-order chi connectivity index (χ1) is 9.54. The average Bonchev–Trinajstić information content (AvgIpc) is 2.42. The van der Waals surface area contributed by atoms with Crippen LogP contribution in [0.2, 0.25) is 0 Å². The van der Waals surface area contributed by atoms with Crippen molar-refractivity contribution in [2.75, 3.05) is 0 Å². The second kappa shape index (κ2) is 4.91. The van der Waals surface area contributed by atoms with Gasteiger partial charge in [-0.25, -0.2) is 4.39 Å². The Morgan fingerprint density at radius 3 is 2.70 bits per heavy atom. The van der Waals surface area contributed by atoms with Gasteiger partial charge in [-0.3, -0.25) is 0 Å². The van der Waals surface area contributed by atoms with Crippen LogP contribution in [-0.2, 0) is 0 Å². The Balaban J connectivity index is 1.99. The van der Waals surface area contributed by atoms with Crippen molar-refractivity contribution >= 4 is 0 Å². The molecule has 0 bridgehead atoms. The number of fused-ring (bicyclic) bond motifs is 1. The fraction of sp³-hybridized carbons (Fsp3) is 0.294. The highest BCUT2D eigenvalue weighted by Gasteiger charge is 2.29. The van der Waals surface area contributed by atoms with Gasteiger partial charge in [0, 0.05) is 12.0 Å². The molecule has 1 N–H and O–H groups in total. The van der Waals surface area contributed by atoms with E-state index >= 15 is 0 Å². The van der Waals surface area contributed by atoms with Crippen molar-refractivity contribution in [3.8, 4) is 5.75 Å². The fourth-order valence-electron chi connectivity index (χ4n) is 2.72. The van der Waals surface area contributed by atoms with Crippen LogP contribution in [0.25, 0.3) is 0 Å². The molecular weight excluding hydrogens is 255 g/mol. The molecule has 0 fully saturated rings. The molecule has 0 spiro atoms. The quantitative estimate of drug-likeness (QED) is 0.850. The molecule has 20 heavy (non-hydrogen) atoms. The normalized spacial score (nSPS) is 21.2. The third-order valence-corrected chi connectivity index (χ3v) is 3.82. The summed E-state index contributed by atoms with van der Waals surface area (Å²) in [5, 5.41) is 10.2. The molecule has 1 aliphatic heterocycles. The number of ether oxygens (including phenoxy) is 1. The highest BCUT2D eigenvalue weighted by atomic mass is 19.1. The summed E-state index contributed by atoms with van der Waals surface area (Å²) in [6, 6.07) is 10.5. The van der Waals surface area contributed by atoms with Crippen molar-refractivity contribution in [2.45, 2.75) is 32.5 Å². The van der Waals surface area contributed by atoms with E-state index in [9.17, 15) is 9.50 Å². The molecule has 1 aliphatic rings. The van der Waals surface area contributed by atoms with Gasteiger partial charge in [0.25, 0.3) is 0 Å². The maximum Gasteiger partial charge on any atom is 0.127 e. The molecule has 0 aliphatic carbocycles. The standard InChI is InChI=1S/C17H17FO2/c1-10-3-4-11(2)13(7-10)17-9-15(19)14-8-12(18)5-6-16(14)20-17/h3-8,15,17,19H,9H2,1-2H3/t15-,17?/m1/s1. The number of benzene rings is 2. The highest BCUT2D eigenvalue weighted by Crippen LogP contribution is 2.41. The molecule has 2 aromatic rings. The molecule has 104 valence electrons. The van der Waals surface area contributed by atoms with Gasteiger partial charge in [-0.05, 0) is 43.2 Å². The number of hydrogen-bond donors (Lipinski definition) is 1. The van der Waals surface area contributed by atoms with E-state index in [1.54, 1.807) is 6.07 Å². The van der Waals surface area contributed by atoms with Crippen LogP contribution in [0.3, 0.4) is 0 Å². The van der Waals surface area contributed by atoms with E-state index in [1.165, 1.54) is 12.1 Å². The van der Waals surface area contributed by atoms with Gasteiger partial charge in [0.2, 0.25) is 0 Å². The lowest BCUT2D eigenvalue weighted by atomic mass is 9.92. The molecule has 3 rings (SSSR count). The molecule has 0 saturated carbocycles. The van der Waals surface area contributed by atoms with E-state index in [0.717, 1.165) is 16.7 Å². The first kappa shape index (κ1) is 13.1. The van der Waals surface area contributed by atoms with Gasteiger partial charge in [0.05, 0.1) is 6.10 Å². The molecule has 1 heterocycles. The third kappa shape index (κ3) is 2.29. The Bertz CT molecular complexity index is 651. The van der Waals surface area contributed by atoms with Gasteiger partial charge in [-0.15, -0.1) is 0 Å². The molecule has 3 heteroatoms. The van der Waals surface area contributed by atoms with Crippen LogP contribution in [0.4, 0.5) is 4.39 Å². The van der Waals surface area contributed by atoms with Crippen molar-refractivity contribution in [3.63, 3.8) is 0 Å². The van der Waals surface area contributed by atoms with Gasteiger partial charge in [0.15, 0.2) is 0 Å². The minimum absolute atomic E-state index is 0.192. The molecule has 2 aromatic carbocycles. The SMILES string of the molecule is Cc1ccc(C)c(C2C[C@@H](O)c3cc(F)ccc3O2)c1. The Labute approximate surface area is 117 Å². The maximum absolute atomic E-state index is 13.2. The van der Waals surface area contributed by atoms with E-state index in [4.69, 9.17) is 4.74 Å². The number of aliphatic hydroxyl groups is 1. The average molecular weight is 272 g/mol. The first-order valence-corrected chi connectivity index (χ1v) is 6.76. The zero-order valence-electron chi connectivity index (χ0n) is 11.6. The second-order valence-electron chi connectivity index (χ2n) is 5.40. The van der Waals surface area contributed by atoms with Crippen LogP contribution in [0.15, 0.2) is 36.4 Å². The van der Waals surface area contributed by atoms with Crippen LogP contribution >= 0.6 is 0 Å². The molecule has 1 unspecified atom stereocenters. The number of hydrogen-bond acceptors (Lipinski definition) is 2. The molecule has 2 atom stereocenters. The minimum Gasteiger partial charge on any atom is -0.485 e. The van der Waals surface area contributed by atoms with Gasteiger partial charge in [-0.1, -0.05) is 23.8 Å². The lowest BCUT2D eigenvalue weighted by Crippen LogP contribution is -2.20. The van der Waals surface area contributed by atoms with Crippen LogP contribution in [0, 0.1) is 19.7 Å². The Hall–Kier alpha value is -1.87. The van der Waals surface area contributed by atoms with Gasteiger partial charge in [-0.2, -0.15) is 0 Å². The van der Waals surface area contributed by atoms with E-state index in [0.29, 0.717) is 17.7 Å². The van der Waals surface area contributed by atoms with Crippen LogP contribution in [0.1, 0.15) is 40.9 Å². The summed E-state index contributed by atoms with van der Waals surface area (Å²) in [6.07, 6.45) is -0.442. The zero-order valence-corrected chi connectivity index (χ0v) is 11.6. The predicted molar refractivity (Wildman–Crippen MR) is 75.3 cm³/mol. The second-order valence-corrected chi connectivity index (χ2v) is 5.40. The topological polar surface area (TPSA) is 29.5 Å². The lowest BCUT2D eigenvalue weighted by Gasteiger charge is -2.31. The number of aryl methyl sites for hydroxylation is 2. The maximum atomic E-state index is 13.2. The van der Waals surface area contributed by atoms with Crippen molar-refractivity contribution in [2.24, 2.45) is 0 Å². The van der Waals surface area contributed by atoms with Gasteiger partial charge >= 0.3 is 0 Å². The monoisotopic (exact) mass is 272 g/mol. The highest BCUT2D eigenvalue weighted by molar-refractivity contribution is 5.40. The summed E-state index contributed by atoms with van der Waals surface area (Å²) < 4.78 is 19.2. The number of rotatable bonds is 1. The molecule has 0 saturated heterocycles. The van der Waals surface area contributed by atoms with Crippen LogP contribution in [0.5, 0.6) is 5.75 Å². The summed E-state index contributed by atoms with van der Waals surface area (Å²) in [5.41, 5.74) is 3.91. The Kier molecular flexibility index (Phi) is 3.22. The molecule has 0 amide bonds. The van der Waals surface area contributed by atoms with Crippen molar-refractivity contribution in [1.29, 1.82) is 0 Å². The fourth-order valence-corrected chi connectivity index (χ4v) is 2.72. The zero-order chi connectivity index (χ0) is 14.3. The van der Waals surface area contributed by atoms with Crippen LogP contribution < -0.4 is 4.74 Å². The molecule has 0 aromatic heterocycles. The summed E-state index contributed by atoms with van der Waals surface area (Å²) in [7, 11) is 0. The first-order valence-electron chi connectivity index (χ1n) is 6.76. The van der Waals surface area contributed by atoms with Crippen molar-refractivity contribution < 1.29 is 14.2 Å². The van der Waals surface area contributed by atoms with Crippen LogP contribution in [-0.4, -0.2) is 5.11 Å². The molecule has 2 nitrogen and oxygen atoms in total. The van der Waals surface area contributed by atoms with E-state index in [2.05, 4.69) is 18.2 Å². The summed E-state index contributed by atoms with van der Waals surface area (Å²) in [4.78, 5) is 0. The lowest BCUT2D eigenvalue weighted by molar-refractivity contribution is 0.0650. The molecule has 0 radical (unpaired) electrons. The minimum atomic E-state index is -0.695. The number of halogens is 1. The van der Waals surface area contributed by atoms with Gasteiger partial charge in [0.1, 0.15) is 17.7 Å². The predicted octanol–water partition coefficient (Wildman–Crippen LogP) is 4.00. The van der Waals surface area contributed by atoms with E-state index < -0.39 is 6.10 Å². The summed E-state index contributed by atoms with van der Waals surface area (Å²) in [5.74, 6) is 0.215. The summed E-state index contributed by atoms with van der Waals surface area (Å²) >= 11 is 0. The van der Waals surface area contributed by atoms with Gasteiger partial charge < -0.3 is 9.84 Å². The van der Waals surface area contributed by atoms with Crippen molar-refractivity contribution in [1.82, 2.24) is 0 Å². The molecular formula is C17H17FO2. The van der Waals surface area contributed by atoms with Crippen molar-refractivity contribution in [3.05, 3.63) is 64.5 Å². The third-order valence-electron chi connectivity index (χ3n) is 3.82. The Morgan fingerprint density at radius 1 is 1.10 bits per heavy atom. The van der Waals surface area contributed by atoms with E-state index in [-0.39, 0.29) is 11.9 Å². The number of aliphatic hydroxyl groups excluding tert-OH is 1. The smallest absolute Gasteiger partial charge is 0.127 e. The van der Waals surface area contributed by atoms with E-state index in [1.807, 2.05) is 13.8 Å².